The van der Waals surface area contributed by atoms with Crippen molar-refractivity contribution in [1.29, 1.82) is 0 Å². The first-order valence-electron chi connectivity index (χ1n) is 9.46. The number of aliphatic hydroxyl groups excluding tert-OH is 1. The lowest BCUT2D eigenvalue weighted by atomic mass is 9.71. The average molecular weight is 421 g/mol. The van der Waals surface area contributed by atoms with Gasteiger partial charge in [0.05, 0.1) is 5.56 Å². The van der Waals surface area contributed by atoms with Crippen molar-refractivity contribution in [3.05, 3.63) is 76.3 Å². The molecule has 2 aliphatic rings. The molecular formula is C23H19NO7. The van der Waals surface area contributed by atoms with E-state index in [0.29, 0.717) is 0 Å². The van der Waals surface area contributed by atoms with E-state index in [1.165, 1.54) is 6.92 Å². The number of ketones is 2. The van der Waals surface area contributed by atoms with E-state index in [0.717, 1.165) is 24.6 Å². The number of carbonyl (C=O) groups excluding carboxylic acids is 3. The molecule has 0 unspecified atom stereocenters. The minimum Gasteiger partial charge on any atom is -0.507 e. The van der Waals surface area contributed by atoms with Gasteiger partial charge < -0.3 is 25.4 Å². The Balaban J connectivity index is 1.80. The Morgan fingerprint density at radius 1 is 1.10 bits per heavy atom. The van der Waals surface area contributed by atoms with Crippen molar-refractivity contribution in [2.24, 2.45) is 0 Å². The third kappa shape index (κ3) is 2.95. The standard InChI is InChI=1S/C23H19NO7/c1-11(25)17-14(27)9-16-23(2,21(17)29)19-15(28)8-13(26)18(20(19)31-16)22(30)24-10-12-6-4-3-5-7-12/h3-9,26-28H,10H2,1-2H3,(H,24,30)/t23-/m1/s1. The van der Waals surface area contributed by atoms with Crippen LogP contribution in [-0.2, 0) is 21.5 Å². The number of ether oxygens (including phenoxy) is 1. The maximum Gasteiger partial charge on any atom is 0.259 e. The number of phenolic OH excluding ortho intramolecular Hbond substituents is 2. The van der Waals surface area contributed by atoms with Crippen molar-refractivity contribution < 1.29 is 34.4 Å². The van der Waals surface area contributed by atoms with Crippen molar-refractivity contribution in [1.82, 2.24) is 5.32 Å². The molecule has 4 rings (SSSR count). The highest BCUT2D eigenvalue weighted by Gasteiger charge is 2.55. The minimum absolute atomic E-state index is 0.0577. The van der Waals surface area contributed by atoms with E-state index in [4.69, 9.17) is 4.74 Å². The first-order chi connectivity index (χ1) is 14.7. The number of aromatic hydroxyl groups is 2. The summed E-state index contributed by atoms with van der Waals surface area (Å²) in [4.78, 5) is 37.9. The van der Waals surface area contributed by atoms with E-state index >= 15 is 0 Å². The molecule has 158 valence electrons. The van der Waals surface area contributed by atoms with Gasteiger partial charge in [-0.1, -0.05) is 30.3 Å². The number of carbonyl (C=O) groups is 3. The summed E-state index contributed by atoms with van der Waals surface area (Å²) in [6, 6.07) is 10.0. The first kappa shape index (κ1) is 20.2. The first-order valence-corrected chi connectivity index (χ1v) is 9.46. The minimum atomic E-state index is -1.64. The fraction of sp³-hybridized carbons (Fsp3) is 0.174. The second-order valence-corrected chi connectivity index (χ2v) is 7.54. The van der Waals surface area contributed by atoms with Crippen LogP contribution in [0.1, 0.15) is 35.3 Å². The molecule has 2 aromatic carbocycles. The third-order valence-corrected chi connectivity index (χ3v) is 5.52. The van der Waals surface area contributed by atoms with Gasteiger partial charge in [0.25, 0.3) is 5.91 Å². The highest BCUT2D eigenvalue weighted by Crippen LogP contribution is 2.56. The summed E-state index contributed by atoms with van der Waals surface area (Å²) in [5.74, 6) is -3.95. The highest BCUT2D eigenvalue weighted by atomic mass is 16.5. The Hall–Kier alpha value is -4.07. The van der Waals surface area contributed by atoms with E-state index < -0.39 is 45.7 Å². The molecule has 0 saturated carbocycles. The molecule has 1 aliphatic heterocycles. The zero-order chi connectivity index (χ0) is 22.5. The molecule has 0 aromatic heterocycles. The second-order valence-electron chi connectivity index (χ2n) is 7.54. The van der Waals surface area contributed by atoms with Crippen LogP contribution in [0.5, 0.6) is 17.2 Å². The van der Waals surface area contributed by atoms with Crippen molar-refractivity contribution in [2.75, 3.05) is 0 Å². The van der Waals surface area contributed by atoms with Crippen molar-refractivity contribution in [3.8, 4) is 17.2 Å². The van der Waals surface area contributed by atoms with Crippen LogP contribution >= 0.6 is 0 Å². The number of benzene rings is 2. The zero-order valence-corrected chi connectivity index (χ0v) is 16.7. The molecule has 1 aliphatic carbocycles. The van der Waals surface area contributed by atoms with Crippen LogP contribution < -0.4 is 10.1 Å². The fourth-order valence-corrected chi connectivity index (χ4v) is 3.94. The van der Waals surface area contributed by atoms with Gasteiger partial charge in [-0.05, 0) is 19.4 Å². The maximum atomic E-state index is 13.1. The van der Waals surface area contributed by atoms with Gasteiger partial charge in [0.1, 0.15) is 39.6 Å². The second kappa shape index (κ2) is 7.02. The Kier molecular flexibility index (Phi) is 4.57. The SMILES string of the molecule is CC(=O)C1=C(O)C=C2Oc3c(C(=O)NCc4ccccc4)c(O)cc(O)c3[C@]2(C)C1=O. The van der Waals surface area contributed by atoms with Gasteiger partial charge in [-0.15, -0.1) is 0 Å². The number of allylic oxidation sites excluding steroid dienone is 3. The molecule has 0 saturated heterocycles. The molecule has 0 radical (unpaired) electrons. The largest absolute Gasteiger partial charge is 0.507 e. The van der Waals surface area contributed by atoms with Crippen LogP contribution in [0, 0.1) is 0 Å². The van der Waals surface area contributed by atoms with Gasteiger partial charge >= 0.3 is 0 Å². The van der Waals surface area contributed by atoms with E-state index in [2.05, 4.69) is 5.32 Å². The van der Waals surface area contributed by atoms with Gasteiger partial charge in [-0.25, -0.2) is 0 Å². The average Bonchev–Trinajstić information content (AvgIpc) is 3.00. The zero-order valence-electron chi connectivity index (χ0n) is 16.7. The lowest BCUT2D eigenvalue weighted by Crippen LogP contribution is -2.38. The van der Waals surface area contributed by atoms with Gasteiger partial charge in [-0.3, -0.25) is 14.4 Å². The van der Waals surface area contributed by atoms with Crippen LogP contribution in [0.15, 0.2) is 59.6 Å². The van der Waals surface area contributed by atoms with Crippen molar-refractivity contribution in [3.63, 3.8) is 0 Å². The molecule has 0 spiro atoms. The summed E-state index contributed by atoms with van der Waals surface area (Å²) in [5, 5.41) is 33.7. The molecular weight excluding hydrogens is 402 g/mol. The smallest absolute Gasteiger partial charge is 0.259 e. The summed E-state index contributed by atoms with van der Waals surface area (Å²) in [7, 11) is 0. The number of hydrogen-bond acceptors (Lipinski definition) is 7. The van der Waals surface area contributed by atoms with Gasteiger partial charge in [0.15, 0.2) is 17.3 Å². The van der Waals surface area contributed by atoms with E-state index in [9.17, 15) is 29.7 Å². The molecule has 2 aromatic rings. The quantitative estimate of drug-likeness (QED) is 0.558. The molecule has 0 fully saturated rings. The number of phenols is 2. The lowest BCUT2D eigenvalue weighted by Gasteiger charge is -2.27. The number of fused-ring (bicyclic) bond motifs is 3. The number of amides is 1. The normalized spacial score (nSPS) is 19.3. The van der Waals surface area contributed by atoms with E-state index in [1.807, 2.05) is 30.3 Å². The summed E-state index contributed by atoms with van der Waals surface area (Å²) < 4.78 is 5.70. The van der Waals surface area contributed by atoms with Crippen molar-refractivity contribution >= 4 is 17.5 Å². The van der Waals surface area contributed by atoms with Crippen LogP contribution in [0.25, 0.3) is 0 Å². The number of hydrogen-bond donors (Lipinski definition) is 4. The van der Waals surface area contributed by atoms with Crippen LogP contribution in [0.2, 0.25) is 0 Å². The number of Topliss-reactive ketones (excluding diaryl/α,β-unsaturated/α-hetero) is 2. The van der Waals surface area contributed by atoms with E-state index in [1.54, 1.807) is 0 Å². The van der Waals surface area contributed by atoms with Gasteiger partial charge in [0, 0.05) is 18.7 Å². The topological polar surface area (TPSA) is 133 Å². The van der Waals surface area contributed by atoms with Crippen LogP contribution in [0.4, 0.5) is 0 Å². The van der Waals surface area contributed by atoms with Crippen molar-refractivity contribution in [2.45, 2.75) is 25.8 Å². The van der Waals surface area contributed by atoms with Gasteiger partial charge in [-0.2, -0.15) is 0 Å². The maximum absolute atomic E-state index is 13.1. The number of rotatable bonds is 4. The van der Waals surface area contributed by atoms with E-state index in [-0.39, 0.29) is 29.2 Å². The Morgan fingerprint density at radius 2 is 1.77 bits per heavy atom. The van der Waals surface area contributed by atoms with Gasteiger partial charge in [0.2, 0.25) is 0 Å². The summed E-state index contributed by atoms with van der Waals surface area (Å²) in [5.41, 5.74) is -1.57. The predicted octanol–water partition coefficient (Wildman–Crippen LogP) is 2.55. The Morgan fingerprint density at radius 3 is 2.42 bits per heavy atom. The number of nitrogens with one attached hydrogen (secondary N) is 1. The Bertz CT molecular complexity index is 1210. The summed E-state index contributed by atoms with van der Waals surface area (Å²) >= 11 is 0. The van der Waals surface area contributed by atoms with Crippen LogP contribution in [0.3, 0.4) is 0 Å². The monoisotopic (exact) mass is 421 g/mol. The predicted molar refractivity (Wildman–Crippen MR) is 109 cm³/mol. The number of aliphatic hydroxyl groups is 1. The highest BCUT2D eigenvalue weighted by molar-refractivity contribution is 6.25. The summed E-state index contributed by atoms with van der Waals surface area (Å²) in [6.07, 6.45) is 1.11. The summed E-state index contributed by atoms with van der Waals surface area (Å²) in [6.45, 7) is 2.73. The molecule has 1 amide bonds. The molecule has 8 nitrogen and oxygen atoms in total. The molecule has 31 heavy (non-hydrogen) atoms. The molecule has 0 bridgehead atoms. The lowest BCUT2D eigenvalue weighted by molar-refractivity contribution is -0.123. The Labute approximate surface area is 177 Å². The molecule has 8 heteroatoms. The fourth-order valence-electron chi connectivity index (χ4n) is 3.94. The van der Waals surface area contributed by atoms with Crippen LogP contribution in [-0.4, -0.2) is 32.8 Å². The molecule has 1 atom stereocenters. The third-order valence-electron chi connectivity index (χ3n) is 5.52. The molecule has 4 N–H and O–H groups in total. The molecule has 1 heterocycles.